The van der Waals surface area contributed by atoms with Crippen molar-refractivity contribution < 1.29 is 23.8 Å². The minimum Gasteiger partial charge on any atom is -0.493 e. The monoisotopic (exact) mass is 547 g/mol. The van der Waals surface area contributed by atoms with E-state index in [1.807, 2.05) is 58.9 Å². The van der Waals surface area contributed by atoms with Crippen LogP contribution in [-0.4, -0.2) is 43.9 Å². The molecule has 9 heteroatoms. The number of rotatable bonds is 12. The van der Waals surface area contributed by atoms with E-state index < -0.39 is 11.9 Å². The predicted molar refractivity (Wildman–Crippen MR) is 140 cm³/mol. The number of carbonyl (C=O) groups excluding carboxylic acids is 2. The van der Waals surface area contributed by atoms with Crippen molar-refractivity contribution >= 4 is 34.0 Å². The van der Waals surface area contributed by atoms with Crippen molar-refractivity contribution in [2.45, 2.75) is 53.2 Å². The van der Waals surface area contributed by atoms with Gasteiger partial charge < -0.3 is 19.5 Å². The van der Waals surface area contributed by atoms with E-state index in [1.165, 1.54) is 6.21 Å². The van der Waals surface area contributed by atoms with E-state index in [2.05, 4.69) is 31.8 Å². The lowest BCUT2D eigenvalue weighted by Gasteiger charge is -2.19. The number of ether oxygens (including phenoxy) is 3. The molecule has 2 N–H and O–H groups in total. The topological polar surface area (TPSA) is 98.2 Å². The SMILES string of the molecule is COc1cc(/C=N\NC(=O)[C@H](CC(C)C)NC(=O)COc2ccccc2C)cc(Br)c1OC(C)C. The third kappa shape index (κ3) is 9.24. The number of hydrogen-bond donors (Lipinski definition) is 2. The maximum atomic E-state index is 12.8. The van der Waals surface area contributed by atoms with Crippen LogP contribution in [0.1, 0.15) is 45.2 Å². The molecule has 2 aromatic carbocycles. The fourth-order valence-corrected chi connectivity index (χ4v) is 3.77. The highest BCUT2D eigenvalue weighted by molar-refractivity contribution is 9.10. The quantitative estimate of drug-likeness (QED) is 0.298. The first-order valence-corrected chi connectivity index (χ1v) is 12.2. The van der Waals surface area contributed by atoms with E-state index in [-0.39, 0.29) is 24.5 Å². The second kappa shape index (κ2) is 13.7. The first-order valence-electron chi connectivity index (χ1n) is 11.5. The van der Waals surface area contributed by atoms with Crippen molar-refractivity contribution in [1.82, 2.24) is 10.7 Å². The van der Waals surface area contributed by atoms with Gasteiger partial charge in [0.15, 0.2) is 18.1 Å². The molecule has 0 aliphatic heterocycles. The molecule has 1 atom stereocenters. The highest BCUT2D eigenvalue weighted by atomic mass is 79.9. The van der Waals surface area contributed by atoms with Gasteiger partial charge in [0.05, 0.1) is 23.9 Å². The molecule has 0 heterocycles. The van der Waals surface area contributed by atoms with Crippen LogP contribution in [-0.2, 0) is 9.59 Å². The van der Waals surface area contributed by atoms with Crippen molar-refractivity contribution in [3.05, 3.63) is 52.0 Å². The maximum absolute atomic E-state index is 12.8. The van der Waals surface area contributed by atoms with Crippen LogP contribution < -0.4 is 25.0 Å². The number of halogens is 1. The van der Waals surface area contributed by atoms with Crippen LogP contribution in [0.15, 0.2) is 46.0 Å². The summed E-state index contributed by atoms with van der Waals surface area (Å²) in [5.74, 6) is 1.15. The summed E-state index contributed by atoms with van der Waals surface area (Å²) in [7, 11) is 1.56. The molecule has 0 aliphatic carbocycles. The van der Waals surface area contributed by atoms with Crippen LogP contribution >= 0.6 is 15.9 Å². The fourth-order valence-electron chi connectivity index (χ4n) is 3.21. The average Bonchev–Trinajstić information content (AvgIpc) is 2.79. The van der Waals surface area contributed by atoms with Crippen LogP contribution in [0.25, 0.3) is 0 Å². The summed E-state index contributed by atoms with van der Waals surface area (Å²) in [6.45, 7) is 9.53. The van der Waals surface area contributed by atoms with E-state index in [4.69, 9.17) is 14.2 Å². The second-order valence-electron chi connectivity index (χ2n) is 8.74. The Kier molecular flexibility index (Phi) is 11.0. The van der Waals surface area contributed by atoms with Gasteiger partial charge in [0.1, 0.15) is 11.8 Å². The zero-order valence-corrected chi connectivity index (χ0v) is 22.6. The van der Waals surface area contributed by atoms with Gasteiger partial charge in [-0.25, -0.2) is 5.43 Å². The predicted octanol–water partition coefficient (Wildman–Crippen LogP) is 4.61. The van der Waals surface area contributed by atoms with Crippen molar-refractivity contribution in [1.29, 1.82) is 0 Å². The van der Waals surface area contributed by atoms with Crippen LogP contribution in [0.3, 0.4) is 0 Å². The zero-order valence-electron chi connectivity index (χ0n) is 21.1. The van der Waals surface area contributed by atoms with Gasteiger partial charge in [-0.1, -0.05) is 32.0 Å². The number of amides is 2. The highest BCUT2D eigenvalue weighted by Crippen LogP contribution is 2.37. The van der Waals surface area contributed by atoms with Gasteiger partial charge in [0.2, 0.25) is 0 Å². The Labute approximate surface area is 215 Å². The van der Waals surface area contributed by atoms with Crippen molar-refractivity contribution in [2.75, 3.05) is 13.7 Å². The lowest BCUT2D eigenvalue weighted by Crippen LogP contribution is -2.47. The lowest BCUT2D eigenvalue weighted by atomic mass is 10.0. The summed E-state index contributed by atoms with van der Waals surface area (Å²) in [5, 5.41) is 6.81. The number of aryl methyl sites for hydroxylation is 1. The second-order valence-corrected chi connectivity index (χ2v) is 9.59. The number of nitrogens with one attached hydrogen (secondary N) is 2. The molecule has 35 heavy (non-hydrogen) atoms. The Morgan fingerprint density at radius 3 is 2.46 bits per heavy atom. The first kappa shape index (κ1) is 28.2. The minimum absolute atomic E-state index is 0.0192. The lowest BCUT2D eigenvalue weighted by molar-refractivity contribution is -0.130. The number of hydrogen-bond acceptors (Lipinski definition) is 6. The molecule has 0 aromatic heterocycles. The van der Waals surface area contributed by atoms with Crippen LogP contribution in [0.2, 0.25) is 0 Å². The van der Waals surface area contributed by atoms with Crippen LogP contribution in [0.4, 0.5) is 0 Å². The molecule has 8 nitrogen and oxygen atoms in total. The third-order valence-corrected chi connectivity index (χ3v) is 5.39. The number of nitrogens with zero attached hydrogens (tertiary/aromatic N) is 1. The van der Waals surface area contributed by atoms with Crippen LogP contribution in [0.5, 0.6) is 17.2 Å². The molecule has 2 aromatic rings. The summed E-state index contributed by atoms with van der Waals surface area (Å²) >= 11 is 3.49. The van der Waals surface area contributed by atoms with Gasteiger partial charge in [-0.15, -0.1) is 0 Å². The summed E-state index contributed by atoms with van der Waals surface area (Å²) in [6, 6.07) is 10.3. The molecule has 0 radical (unpaired) electrons. The molecule has 0 saturated heterocycles. The normalized spacial score (nSPS) is 12.0. The standard InChI is InChI=1S/C26H34BrN3O5/c1-16(2)11-21(29-24(31)15-34-22-10-8-7-9-18(22)5)26(32)30-28-14-19-12-20(27)25(35-17(3)4)23(13-19)33-6/h7-10,12-14,16-17,21H,11,15H2,1-6H3,(H,29,31)(H,30,32)/b28-14-/t21-/m0/s1. The number of benzene rings is 2. The van der Waals surface area contributed by atoms with Crippen LogP contribution in [0, 0.1) is 12.8 Å². The van der Waals surface area contributed by atoms with E-state index in [0.29, 0.717) is 33.7 Å². The van der Waals surface area contributed by atoms with Crippen molar-refractivity contribution in [3.63, 3.8) is 0 Å². The molecular formula is C26H34BrN3O5. The average molecular weight is 548 g/mol. The van der Waals surface area contributed by atoms with Crippen molar-refractivity contribution in [3.8, 4) is 17.2 Å². The Bertz CT molecular complexity index is 1040. The molecule has 0 bridgehead atoms. The minimum atomic E-state index is -0.747. The van der Waals surface area contributed by atoms with Gasteiger partial charge in [-0.05, 0) is 78.4 Å². The van der Waals surface area contributed by atoms with Gasteiger partial charge in [0, 0.05) is 0 Å². The molecule has 2 amide bonds. The number of carbonyl (C=O) groups is 2. The van der Waals surface area contributed by atoms with Gasteiger partial charge in [-0.2, -0.15) is 5.10 Å². The summed E-state index contributed by atoms with van der Waals surface area (Å²) in [6.07, 6.45) is 1.94. The molecule has 0 unspecified atom stereocenters. The third-order valence-electron chi connectivity index (χ3n) is 4.80. The molecule has 0 saturated carbocycles. The smallest absolute Gasteiger partial charge is 0.262 e. The Morgan fingerprint density at radius 1 is 1.11 bits per heavy atom. The number of para-hydroxylation sites is 1. The molecule has 2 rings (SSSR count). The first-order chi connectivity index (χ1) is 16.6. The molecule has 0 spiro atoms. The molecule has 0 aliphatic rings. The Hall–Kier alpha value is -3.07. The summed E-state index contributed by atoms with van der Waals surface area (Å²) in [4.78, 5) is 25.2. The highest BCUT2D eigenvalue weighted by Gasteiger charge is 2.22. The largest absolute Gasteiger partial charge is 0.493 e. The number of methoxy groups -OCH3 is 1. The summed E-state index contributed by atoms with van der Waals surface area (Å²) in [5.41, 5.74) is 4.14. The van der Waals surface area contributed by atoms with Gasteiger partial charge in [0.25, 0.3) is 11.8 Å². The molecule has 0 fully saturated rings. The zero-order chi connectivity index (χ0) is 26.0. The van der Waals surface area contributed by atoms with E-state index >= 15 is 0 Å². The molecular weight excluding hydrogens is 514 g/mol. The molecule has 190 valence electrons. The van der Waals surface area contributed by atoms with Gasteiger partial charge in [-0.3, -0.25) is 9.59 Å². The van der Waals surface area contributed by atoms with E-state index in [0.717, 1.165) is 5.56 Å². The van der Waals surface area contributed by atoms with E-state index in [9.17, 15) is 9.59 Å². The maximum Gasteiger partial charge on any atom is 0.262 e. The van der Waals surface area contributed by atoms with Crippen molar-refractivity contribution in [2.24, 2.45) is 11.0 Å². The number of hydrazone groups is 1. The van der Waals surface area contributed by atoms with Gasteiger partial charge >= 0.3 is 0 Å². The Balaban J connectivity index is 2.02. The fraction of sp³-hybridized carbons (Fsp3) is 0.423. The summed E-state index contributed by atoms with van der Waals surface area (Å²) < 4.78 is 17.5. The van der Waals surface area contributed by atoms with E-state index in [1.54, 1.807) is 19.2 Å². The Morgan fingerprint density at radius 2 is 1.83 bits per heavy atom.